The van der Waals surface area contributed by atoms with Gasteiger partial charge in [0.1, 0.15) is 6.10 Å². The number of amides is 1. The highest BCUT2D eigenvalue weighted by Gasteiger charge is 2.31. The van der Waals surface area contributed by atoms with Crippen LogP contribution >= 0.6 is 0 Å². The Bertz CT molecular complexity index is 668. The maximum absolute atomic E-state index is 12.4. The number of carbonyl (C=O) groups is 1. The molecule has 1 fully saturated rings. The van der Waals surface area contributed by atoms with Crippen LogP contribution in [0.1, 0.15) is 35.2 Å². The van der Waals surface area contributed by atoms with Crippen LogP contribution in [-0.4, -0.2) is 32.8 Å². The van der Waals surface area contributed by atoms with E-state index >= 15 is 0 Å². The third-order valence-electron chi connectivity index (χ3n) is 4.02. The summed E-state index contributed by atoms with van der Waals surface area (Å²) in [6, 6.07) is 1.86. The highest BCUT2D eigenvalue weighted by atomic mass is 16.5. The lowest BCUT2D eigenvalue weighted by molar-refractivity contribution is 0.0893. The second-order valence-corrected chi connectivity index (χ2v) is 5.71. The zero-order valence-electron chi connectivity index (χ0n) is 12.8. The second-order valence-electron chi connectivity index (χ2n) is 5.71. The number of hydrogen-bond acceptors (Lipinski definition) is 4. The van der Waals surface area contributed by atoms with E-state index in [2.05, 4.69) is 15.4 Å². The van der Waals surface area contributed by atoms with Crippen LogP contribution in [0.25, 0.3) is 0 Å². The molecule has 2 atom stereocenters. The van der Waals surface area contributed by atoms with E-state index in [1.165, 1.54) is 0 Å². The van der Waals surface area contributed by atoms with Crippen molar-refractivity contribution in [1.82, 2.24) is 20.1 Å². The van der Waals surface area contributed by atoms with Gasteiger partial charge in [-0.3, -0.25) is 14.5 Å². The van der Waals surface area contributed by atoms with Crippen LogP contribution in [0, 0.1) is 6.92 Å². The van der Waals surface area contributed by atoms with E-state index in [0.29, 0.717) is 5.56 Å². The molecule has 0 aromatic carbocycles. The molecule has 0 spiro atoms. The van der Waals surface area contributed by atoms with Gasteiger partial charge in [-0.05, 0) is 37.8 Å². The monoisotopic (exact) mass is 300 g/mol. The van der Waals surface area contributed by atoms with Crippen molar-refractivity contribution < 1.29 is 9.53 Å². The number of carbonyl (C=O) groups excluding carboxylic acids is 1. The maximum Gasteiger partial charge on any atom is 0.253 e. The third-order valence-corrected chi connectivity index (χ3v) is 4.02. The lowest BCUT2D eigenvalue weighted by Gasteiger charge is -2.21. The maximum atomic E-state index is 12.4. The molecular formula is C16H20N4O2. The Morgan fingerprint density at radius 3 is 3.00 bits per heavy atom. The van der Waals surface area contributed by atoms with Gasteiger partial charge in [0.2, 0.25) is 0 Å². The van der Waals surface area contributed by atoms with Crippen LogP contribution in [0.5, 0.6) is 5.75 Å². The average molecular weight is 300 g/mol. The number of pyridine rings is 1. The van der Waals surface area contributed by atoms with E-state index in [1.807, 2.05) is 26.2 Å². The van der Waals surface area contributed by atoms with Gasteiger partial charge in [0.25, 0.3) is 5.91 Å². The molecule has 1 saturated carbocycles. The van der Waals surface area contributed by atoms with Gasteiger partial charge in [-0.15, -0.1) is 0 Å². The van der Waals surface area contributed by atoms with E-state index in [1.54, 1.807) is 23.3 Å². The number of rotatable bonds is 4. The van der Waals surface area contributed by atoms with Gasteiger partial charge >= 0.3 is 0 Å². The first-order valence-corrected chi connectivity index (χ1v) is 7.50. The van der Waals surface area contributed by atoms with E-state index in [-0.39, 0.29) is 18.1 Å². The van der Waals surface area contributed by atoms with Crippen molar-refractivity contribution in [3.8, 4) is 5.75 Å². The standard InChI is InChI=1S/C16H20N4O2/c1-11-6-7-17-9-13(11)16(21)19-14-4-3-5-15(14)22-12-8-18-20(2)10-12/h6-10,14-15H,3-5H2,1-2H3,(H,19,21)/t14-,15+/m0/s1. The number of ether oxygens (including phenoxy) is 1. The molecule has 6 heteroatoms. The van der Waals surface area contributed by atoms with E-state index in [4.69, 9.17) is 4.74 Å². The summed E-state index contributed by atoms with van der Waals surface area (Å²) >= 11 is 0. The fourth-order valence-electron chi connectivity index (χ4n) is 2.81. The van der Waals surface area contributed by atoms with Crippen LogP contribution in [0.15, 0.2) is 30.9 Å². The molecule has 2 heterocycles. The fraction of sp³-hybridized carbons (Fsp3) is 0.438. The highest BCUT2D eigenvalue weighted by molar-refractivity contribution is 5.95. The molecule has 1 aliphatic rings. The first-order valence-electron chi connectivity index (χ1n) is 7.50. The Hall–Kier alpha value is -2.37. The summed E-state index contributed by atoms with van der Waals surface area (Å²) in [6.07, 6.45) is 9.73. The predicted molar refractivity (Wildman–Crippen MR) is 81.7 cm³/mol. The van der Waals surface area contributed by atoms with Gasteiger partial charge in [-0.1, -0.05) is 0 Å². The van der Waals surface area contributed by atoms with Gasteiger partial charge < -0.3 is 10.1 Å². The summed E-state index contributed by atoms with van der Waals surface area (Å²) in [4.78, 5) is 16.4. The number of nitrogens with one attached hydrogen (secondary N) is 1. The smallest absolute Gasteiger partial charge is 0.253 e. The topological polar surface area (TPSA) is 69.0 Å². The molecule has 0 radical (unpaired) electrons. The van der Waals surface area contributed by atoms with Gasteiger partial charge in [0.05, 0.1) is 24.0 Å². The van der Waals surface area contributed by atoms with Gasteiger partial charge in [-0.2, -0.15) is 5.10 Å². The van der Waals surface area contributed by atoms with Crippen LogP contribution in [0.2, 0.25) is 0 Å². The lowest BCUT2D eigenvalue weighted by atomic mass is 10.1. The average Bonchev–Trinajstić information content (AvgIpc) is 3.09. The molecule has 0 unspecified atom stereocenters. The van der Waals surface area contributed by atoms with Gasteiger partial charge in [0.15, 0.2) is 5.75 Å². The number of aromatic nitrogens is 3. The molecule has 0 aliphatic heterocycles. The number of nitrogens with zero attached hydrogens (tertiary/aromatic N) is 3. The second kappa shape index (κ2) is 6.17. The molecule has 2 aromatic rings. The molecule has 0 bridgehead atoms. The van der Waals surface area contributed by atoms with E-state index in [0.717, 1.165) is 30.6 Å². The Balaban J connectivity index is 1.66. The minimum atomic E-state index is -0.0858. The summed E-state index contributed by atoms with van der Waals surface area (Å²) in [6.45, 7) is 1.91. The van der Waals surface area contributed by atoms with E-state index < -0.39 is 0 Å². The molecule has 1 aliphatic carbocycles. The van der Waals surface area contributed by atoms with Crippen molar-refractivity contribution in [2.75, 3.05) is 0 Å². The van der Waals surface area contributed by atoms with Crippen LogP contribution < -0.4 is 10.1 Å². The minimum Gasteiger partial charge on any atom is -0.485 e. The Kier molecular flexibility index (Phi) is 4.09. The van der Waals surface area contributed by atoms with Gasteiger partial charge in [-0.25, -0.2) is 0 Å². The first kappa shape index (κ1) is 14.6. The van der Waals surface area contributed by atoms with Crippen molar-refractivity contribution >= 4 is 5.91 Å². The zero-order valence-corrected chi connectivity index (χ0v) is 12.8. The molecule has 22 heavy (non-hydrogen) atoms. The van der Waals surface area contributed by atoms with Crippen molar-refractivity contribution in [3.05, 3.63) is 42.0 Å². The molecule has 6 nitrogen and oxygen atoms in total. The minimum absolute atomic E-state index is 0.00914. The SMILES string of the molecule is Cc1ccncc1C(=O)N[C@H]1CCC[C@H]1Oc1cnn(C)c1. The number of aryl methyl sites for hydroxylation is 2. The summed E-state index contributed by atoms with van der Waals surface area (Å²) in [7, 11) is 1.85. The Morgan fingerprint density at radius 2 is 2.27 bits per heavy atom. The van der Waals surface area contributed by atoms with Crippen molar-refractivity contribution in [2.45, 2.75) is 38.3 Å². The molecule has 116 valence electrons. The molecule has 3 rings (SSSR count). The molecule has 1 N–H and O–H groups in total. The summed E-state index contributed by atoms with van der Waals surface area (Å²) in [5.41, 5.74) is 1.55. The van der Waals surface area contributed by atoms with Crippen LogP contribution in [0.4, 0.5) is 0 Å². The van der Waals surface area contributed by atoms with E-state index in [9.17, 15) is 4.79 Å². The zero-order chi connectivity index (χ0) is 15.5. The van der Waals surface area contributed by atoms with Crippen molar-refractivity contribution in [3.63, 3.8) is 0 Å². The lowest BCUT2D eigenvalue weighted by Crippen LogP contribution is -2.42. The summed E-state index contributed by atoms with van der Waals surface area (Å²) in [5, 5.41) is 7.18. The predicted octanol–water partition coefficient (Wildman–Crippen LogP) is 1.85. The fourth-order valence-corrected chi connectivity index (χ4v) is 2.81. The van der Waals surface area contributed by atoms with Crippen molar-refractivity contribution in [1.29, 1.82) is 0 Å². The first-order chi connectivity index (χ1) is 10.6. The van der Waals surface area contributed by atoms with Crippen LogP contribution in [-0.2, 0) is 7.05 Å². The highest BCUT2D eigenvalue weighted by Crippen LogP contribution is 2.25. The van der Waals surface area contributed by atoms with Crippen LogP contribution in [0.3, 0.4) is 0 Å². The molecule has 2 aromatic heterocycles. The van der Waals surface area contributed by atoms with Gasteiger partial charge in [0, 0.05) is 19.4 Å². The normalized spacial score (nSPS) is 20.8. The third kappa shape index (κ3) is 3.10. The summed E-state index contributed by atoms with van der Waals surface area (Å²) in [5.74, 6) is 0.656. The molecular weight excluding hydrogens is 280 g/mol. The largest absolute Gasteiger partial charge is 0.485 e. The molecule has 0 saturated heterocycles. The quantitative estimate of drug-likeness (QED) is 0.935. The Morgan fingerprint density at radius 1 is 1.41 bits per heavy atom. The Labute approximate surface area is 129 Å². The summed E-state index contributed by atoms with van der Waals surface area (Å²) < 4.78 is 7.67. The number of hydrogen-bond donors (Lipinski definition) is 1. The molecule has 1 amide bonds. The van der Waals surface area contributed by atoms with Crippen molar-refractivity contribution in [2.24, 2.45) is 7.05 Å².